The van der Waals surface area contributed by atoms with Gasteiger partial charge in [0.25, 0.3) is 0 Å². The number of amides is 1. The second-order valence-electron chi connectivity index (χ2n) is 5.20. The van der Waals surface area contributed by atoms with Gasteiger partial charge in [0.15, 0.2) is 10.9 Å². The molecule has 0 radical (unpaired) electrons. The number of aromatic nitrogens is 1. The van der Waals surface area contributed by atoms with Crippen LogP contribution in [0.3, 0.4) is 0 Å². The molecule has 1 aromatic rings. The maximum atomic E-state index is 12.0. The van der Waals surface area contributed by atoms with Crippen molar-refractivity contribution in [2.24, 2.45) is 17.3 Å². The summed E-state index contributed by atoms with van der Waals surface area (Å²) >= 11 is 1.15. The van der Waals surface area contributed by atoms with Gasteiger partial charge in [-0.3, -0.25) is 14.4 Å². The standard InChI is InChI=1S/C12H14N2O4S/c1-5(15)6-4-19-11(13-6)14-9(16)7-8(10(17)18)12(7,2)3/h4,7-8H,1-3H3,(H,17,18)(H,13,14,16). The number of hydrogen-bond donors (Lipinski definition) is 2. The molecule has 1 aromatic heterocycles. The summed E-state index contributed by atoms with van der Waals surface area (Å²) in [5, 5.41) is 13.5. The molecule has 7 heteroatoms. The van der Waals surface area contributed by atoms with Gasteiger partial charge in [-0.1, -0.05) is 13.8 Å². The number of anilines is 1. The maximum Gasteiger partial charge on any atom is 0.307 e. The highest BCUT2D eigenvalue weighted by Crippen LogP contribution is 2.58. The molecule has 0 bridgehead atoms. The number of aliphatic carboxylic acids is 1. The Hall–Kier alpha value is -1.76. The lowest BCUT2D eigenvalue weighted by Gasteiger charge is -2.02. The predicted octanol–water partition coefficient (Wildman–Crippen LogP) is 1.64. The van der Waals surface area contributed by atoms with Crippen LogP contribution in [0.4, 0.5) is 5.13 Å². The largest absolute Gasteiger partial charge is 0.481 e. The quantitative estimate of drug-likeness (QED) is 0.818. The topological polar surface area (TPSA) is 96.4 Å². The number of carbonyl (C=O) groups excluding carboxylic acids is 2. The molecule has 2 unspecified atom stereocenters. The zero-order valence-electron chi connectivity index (χ0n) is 10.8. The summed E-state index contributed by atoms with van der Waals surface area (Å²) in [5.74, 6) is -2.73. The van der Waals surface area contributed by atoms with Crippen LogP contribution in [0.1, 0.15) is 31.3 Å². The van der Waals surface area contributed by atoms with Gasteiger partial charge in [0, 0.05) is 12.3 Å². The van der Waals surface area contributed by atoms with Crippen LogP contribution in [0.25, 0.3) is 0 Å². The maximum absolute atomic E-state index is 12.0. The number of ketones is 1. The number of Topliss-reactive ketones (excluding diaryl/α,β-unsaturated/α-hetero) is 1. The van der Waals surface area contributed by atoms with E-state index < -0.39 is 23.2 Å². The average Bonchev–Trinajstić information content (AvgIpc) is 2.67. The fraction of sp³-hybridized carbons (Fsp3) is 0.500. The highest BCUT2D eigenvalue weighted by Gasteiger charge is 2.65. The van der Waals surface area contributed by atoms with Crippen molar-refractivity contribution in [2.75, 3.05) is 5.32 Å². The van der Waals surface area contributed by atoms with Gasteiger partial charge in [0.1, 0.15) is 5.69 Å². The lowest BCUT2D eigenvalue weighted by Crippen LogP contribution is -2.17. The van der Waals surface area contributed by atoms with Crippen LogP contribution >= 0.6 is 11.3 Å². The lowest BCUT2D eigenvalue weighted by molar-refractivity contribution is -0.140. The molecule has 1 heterocycles. The Labute approximate surface area is 113 Å². The number of thiazole rings is 1. The van der Waals surface area contributed by atoms with Crippen LogP contribution in [0.5, 0.6) is 0 Å². The number of rotatable bonds is 4. The fourth-order valence-electron chi connectivity index (χ4n) is 2.26. The van der Waals surface area contributed by atoms with Gasteiger partial charge in [-0.05, 0) is 5.41 Å². The lowest BCUT2D eigenvalue weighted by atomic mass is 10.1. The van der Waals surface area contributed by atoms with Crippen LogP contribution in [0, 0.1) is 17.3 Å². The monoisotopic (exact) mass is 282 g/mol. The first-order valence-electron chi connectivity index (χ1n) is 5.75. The summed E-state index contributed by atoms with van der Waals surface area (Å²) in [6, 6.07) is 0. The third kappa shape index (κ3) is 2.37. The Kier molecular flexibility index (Phi) is 3.17. The van der Waals surface area contributed by atoms with Crippen molar-refractivity contribution in [3.05, 3.63) is 11.1 Å². The molecule has 1 amide bonds. The molecule has 1 aliphatic rings. The number of nitrogens with zero attached hydrogens (tertiary/aromatic N) is 1. The number of carboxylic acids is 1. The smallest absolute Gasteiger partial charge is 0.307 e. The zero-order chi connectivity index (χ0) is 14.4. The van der Waals surface area contributed by atoms with Gasteiger partial charge in [-0.25, -0.2) is 4.98 Å². The third-order valence-corrected chi connectivity index (χ3v) is 4.23. The molecule has 0 spiro atoms. The number of carboxylic acid groups (broad SMARTS) is 1. The molecular formula is C12H14N2O4S. The predicted molar refractivity (Wildman–Crippen MR) is 69.1 cm³/mol. The van der Waals surface area contributed by atoms with Crippen LogP contribution in [0.15, 0.2) is 5.38 Å². The highest BCUT2D eigenvalue weighted by atomic mass is 32.1. The van der Waals surface area contributed by atoms with E-state index in [2.05, 4.69) is 10.3 Å². The van der Waals surface area contributed by atoms with Crippen molar-refractivity contribution >= 4 is 34.1 Å². The van der Waals surface area contributed by atoms with E-state index in [0.717, 1.165) is 11.3 Å². The van der Waals surface area contributed by atoms with Crippen molar-refractivity contribution < 1.29 is 19.5 Å². The minimum atomic E-state index is -0.964. The van der Waals surface area contributed by atoms with E-state index in [9.17, 15) is 14.4 Å². The van der Waals surface area contributed by atoms with Crippen LogP contribution in [-0.4, -0.2) is 27.8 Å². The van der Waals surface area contributed by atoms with Gasteiger partial charge in [-0.2, -0.15) is 0 Å². The molecule has 6 nitrogen and oxygen atoms in total. The summed E-state index contributed by atoms with van der Waals surface area (Å²) in [7, 11) is 0. The first-order valence-corrected chi connectivity index (χ1v) is 6.63. The minimum absolute atomic E-state index is 0.174. The Balaban J connectivity index is 2.06. The van der Waals surface area contributed by atoms with Gasteiger partial charge in [-0.15, -0.1) is 11.3 Å². The summed E-state index contributed by atoms with van der Waals surface area (Å²) in [6.45, 7) is 4.89. The van der Waals surface area contributed by atoms with E-state index in [0.29, 0.717) is 10.8 Å². The molecule has 0 saturated heterocycles. The molecule has 1 aliphatic carbocycles. The van der Waals surface area contributed by atoms with Gasteiger partial charge < -0.3 is 10.4 Å². The van der Waals surface area contributed by atoms with E-state index in [4.69, 9.17) is 5.11 Å². The van der Waals surface area contributed by atoms with Crippen LogP contribution < -0.4 is 5.32 Å². The van der Waals surface area contributed by atoms with Crippen molar-refractivity contribution in [1.29, 1.82) is 0 Å². The summed E-state index contributed by atoms with van der Waals surface area (Å²) in [4.78, 5) is 38.0. The van der Waals surface area contributed by atoms with E-state index in [-0.39, 0.29) is 11.7 Å². The fourth-order valence-corrected chi connectivity index (χ4v) is 3.02. The summed E-state index contributed by atoms with van der Waals surface area (Å²) < 4.78 is 0. The summed E-state index contributed by atoms with van der Waals surface area (Å²) in [5.41, 5.74) is -0.249. The Morgan fingerprint density at radius 3 is 2.42 bits per heavy atom. The van der Waals surface area contributed by atoms with Crippen molar-refractivity contribution in [3.63, 3.8) is 0 Å². The molecule has 0 aromatic carbocycles. The zero-order valence-corrected chi connectivity index (χ0v) is 11.6. The second kappa shape index (κ2) is 4.41. The molecule has 0 aliphatic heterocycles. The van der Waals surface area contributed by atoms with Gasteiger partial charge in [0.05, 0.1) is 11.8 Å². The van der Waals surface area contributed by atoms with E-state index in [1.165, 1.54) is 6.92 Å². The van der Waals surface area contributed by atoms with E-state index >= 15 is 0 Å². The van der Waals surface area contributed by atoms with E-state index in [1.807, 2.05) is 0 Å². The SMILES string of the molecule is CC(=O)c1csc(NC(=O)C2C(C(=O)O)C2(C)C)n1. The number of nitrogens with one attached hydrogen (secondary N) is 1. The van der Waals surface area contributed by atoms with Crippen LogP contribution in [-0.2, 0) is 9.59 Å². The van der Waals surface area contributed by atoms with Gasteiger partial charge in [0.2, 0.25) is 5.91 Å². The number of hydrogen-bond acceptors (Lipinski definition) is 5. The molecule has 1 fully saturated rings. The van der Waals surface area contributed by atoms with Crippen LogP contribution in [0.2, 0.25) is 0 Å². The molecule has 1 saturated carbocycles. The molecular weight excluding hydrogens is 268 g/mol. The Morgan fingerprint density at radius 1 is 1.37 bits per heavy atom. The first-order chi connectivity index (χ1) is 8.75. The minimum Gasteiger partial charge on any atom is -0.481 e. The van der Waals surface area contributed by atoms with Gasteiger partial charge >= 0.3 is 5.97 Å². The highest BCUT2D eigenvalue weighted by molar-refractivity contribution is 7.14. The number of carbonyl (C=O) groups is 3. The molecule has 2 N–H and O–H groups in total. The Morgan fingerprint density at radius 2 is 2.00 bits per heavy atom. The van der Waals surface area contributed by atoms with E-state index in [1.54, 1.807) is 19.2 Å². The molecule has 19 heavy (non-hydrogen) atoms. The normalized spacial score (nSPS) is 23.7. The summed E-state index contributed by atoms with van der Waals surface area (Å²) in [6.07, 6.45) is 0. The molecule has 102 valence electrons. The molecule has 2 atom stereocenters. The second-order valence-corrected chi connectivity index (χ2v) is 6.06. The first kappa shape index (κ1) is 13.7. The molecule has 2 rings (SSSR count). The Bertz CT molecular complexity index is 564. The average molecular weight is 282 g/mol. The third-order valence-electron chi connectivity index (χ3n) is 3.47. The van der Waals surface area contributed by atoms with Crippen molar-refractivity contribution in [2.45, 2.75) is 20.8 Å². The van der Waals surface area contributed by atoms with Crippen molar-refractivity contribution in [1.82, 2.24) is 4.98 Å². The van der Waals surface area contributed by atoms with Crippen molar-refractivity contribution in [3.8, 4) is 0 Å².